The van der Waals surface area contributed by atoms with Crippen LogP contribution in [0.2, 0.25) is 0 Å². The summed E-state index contributed by atoms with van der Waals surface area (Å²) < 4.78 is 10.5. The molecule has 0 unspecified atom stereocenters. The lowest BCUT2D eigenvalue weighted by Gasteiger charge is -2.09. The van der Waals surface area contributed by atoms with Gasteiger partial charge in [-0.3, -0.25) is 14.9 Å². The molecule has 1 aromatic heterocycles. The number of non-ortho nitro benzene ring substituents is 1. The van der Waals surface area contributed by atoms with E-state index in [4.69, 9.17) is 9.47 Å². The van der Waals surface area contributed by atoms with Crippen LogP contribution >= 0.6 is 0 Å². The number of H-pyrrole nitrogens is 1. The summed E-state index contributed by atoms with van der Waals surface area (Å²) in [6.45, 7) is 4.41. The number of carbonyl (C=O) groups is 1. The first-order valence-corrected chi connectivity index (χ1v) is 8.13. The fraction of sp³-hybridized carbons (Fsp3) is 0.333. The molecule has 1 aromatic carbocycles. The zero-order chi connectivity index (χ0) is 19.1. The molecular formula is C18H20N2O6. The van der Waals surface area contributed by atoms with E-state index in [9.17, 15) is 19.7 Å². The van der Waals surface area contributed by atoms with Gasteiger partial charge in [0.15, 0.2) is 5.75 Å². The van der Waals surface area contributed by atoms with Crippen molar-refractivity contribution in [2.75, 3.05) is 6.61 Å². The van der Waals surface area contributed by atoms with Crippen molar-refractivity contribution in [3.63, 3.8) is 0 Å². The van der Waals surface area contributed by atoms with Gasteiger partial charge >= 0.3 is 5.97 Å². The number of nitro groups is 1. The molecule has 0 saturated carbocycles. The van der Waals surface area contributed by atoms with Crippen molar-refractivity contribution in [3.8, 4) is 5.75 Å². The summed E-state index contributed by atoms with van der Waals surface area (Å²) in [6, 6.07) is 6.54. The molecule has 1 heterocycles. The monoisotopic (exact) mass is 360 g/mol. The Bertz CT molecular complexity index is 844. The molecule has 0 aliphatic heterocycles. The second-order valence-electron chi connectivity index (χ2n) is 6.10. The number of hydrogen-bond donors (Lipinski definition) is 1. The number of ether oxygens (including phenoxy) is 2. The molecule has 0 spiro atoms. The average molecular weight is 360 g/mol. The van der Waals surface area contributed by atoms with E-state index < -0.39 is 10.9 Å². The Labute approximate surface area is 149 Å². The number of benzene rings is 1. The summed E-state index contributed by atoms with van der Waals surface area (Å²) in [5.74, 6) is -0.0344. The normalized spacial score (nSPS) is 10.6. The van der Waals surface area contributed by atoms with Crippen molar-refractivity contribution in [1.29, 1.82) is 0 Å². The Morgan fingerprint density at radius 3 is 2.73 bits per heavy atom. The minimum absolute atomic E-state index is 0.0650. The van der Waals surface area contributed by atoms with Gasteiger partial charge in [0.25, 0.3) is 5.69 Å². The molecule has 0 amide bonds. The van der Waals surface area contributed by atoms with Crippen molar-refractivity contribution in [2.24, 2.45) is 5.92 Å². The fourth-order valence-corrected chi connectivity index (χ4v) is 2.07. The summed E-state index contributed by atoms with van der Waals surface area (Å²) in [6.07, 6.45) is 2.27. The molecule has 0 radical (unpaired) electrons. The Hall–Kier alpha value is -3.16. The van der Waals surface area contributed by atoms with Gasteiger partial charge in [0.2, 0.25) is 5.43 Å². The zero-order valence-electron chi connectivity index (χ0n) is 14.6. The van der Waals surface area contributed by atoms with Gasteiger partial charge in [-0.2, -0.15) is 0 Å². The number of rotatable bonds is 8. The molecule has 0 aliphatic carbocycles. The number of esters is 1. The molecule has 0 saturated heterocycles. The number of aromatic nitrogens is 1. The highest BCUT2D eigenvalue weighted by atomic mass is 16.6. The van der Waals surface area contributed by atoms with Crippen LogP contribution < -0.4 is 10.2 Å². The number of nitro benzene ring substituents is 1. The summed E-state index contributed by atoms with van der Waals surface area (Å²) in [7, 11) is 0. The highest BCUT2D eigenvalue weighted by Crippen LogP contribution is 2.14. The van der Waals surface area contributed by atoms with Crippen LogP contribution in [0.1, 0.15) is 36.3 Å². The molecule has 138 valence electrons. The molecule has 0 aliphatic rings. The van der Waals surface area contributed by atoms with E-state index in [-0.39, 0.29) is 29.0 Å². The highest BCUT2D eigenvalue weighted by molar-refractivity contribution is 5.90. The molecule has 2 rings (SSSR count). The number of aromatic amines is 1. The maximum atomic E-state index is 12.0. The topological polar surface area (TPSA) is 112 Å². The van der Waals surface area contributed by atoms with Gasteiger partial charge in [-0.25, -0.2) is 4.79 Å². The van der Waals surface area contributed by atoms with E-state index in [1.165, 1.54) is 30.5 Å². The molecule has 0 bridgehead atoms. The Balaban J connectivity index is 1.96. The van der Waals surface area contributed by atoms with E-state index >= 15 is 0 Å². The lowest BCUT2D eigenvalue weighted by atomic mass is 10.1. The number of carbonyl (C=O) groups excluding carboxylic acids is 1. The van der Waals surface area contributed by atoms with Gasteiger partial charge < -0.3 is 14.5 Å². The van der Waals surface area contributed by atoms with Crippen LogP contribution in [0.5, 0.6) is 5.75 Å². The molecule has 8 heteroatoms. The number of nitrogens with zero attached hydrogens (tertiary/aromatic N) is 1. The van der Waals surface area contributed by atoms with E-state index in [1.807, 2.05) is 0 Å². The van der Waals surface area contributed by atoms with Gasteiger partial charge in [-0.1, -0.05) is 19.9 Å². The zero-order valence-corrected chi connectivity index (χ0v) is 14.6. The third-order valence-corrected chi connectivity index (χ3v) is 3.54. The summed E-state index contributed by atoms with van der Waals surface area (Å²) in [4.78, 5) is 37.0. The van der Waals surface area contributed by atoms with Gasteiger partial charge in [0, 0.05) is 24.4 Å². The Morgan fingerprint density at radius 1 is 1.31 bits per heavy atom. The highest BCUT2D eigenvalue weighted by Gasteiger charge is 2.13. The van der Waals surface area contributed by atoms with Crippen LogP contribution in [0.4, 0.5) is 5.69 Å². The van der Waals surface area contributed by atoms with E-state index in [0.717, 1.165) is 12.5 Å². The molecule has 8 nitrogen and oxygen atoms in total. The van der Waals surface area contributed by atoms with Crippen molar-refractivity contribution < 1.29 is 19.2 Å². The number of pyridine rings is 1. The van der Waals surface area contributed by atoms with Crippen LogP contribution in [0.25, 0.3) is 0 Å². The van der Waals surface area contributed by atoms with Crippen LogP contribution in [0, 0.1) is 16.0 Å². The first-order chi connectivity index (χ1) is 12.4. The first kappa shape index (κ1) is 19.2. The molecule has 26 heavy (non-hydrogen) atoms. The Morgan fingerprint density at radius 2 is 2.08 bits per heavy atom. The Kier molecular flexibility index (Phi) is 6.48. The van der Waals surface area contributed by atoms with Crippen LogP contribution in [-0.2, 0) is 11.3 Å². The largest absolute Gasteiger partial charge is 0.488 e. The van der Waals surface area contributed by atoms with Crippen molar-refractivity contribution in [1.82, 2.24) is 4.98 Å². The summed E-state index contributed by atoms with van der Waals surface area (Å²) in [5.41, 5.74) is -0.0511. The molecule has 1 N–H and O–H groups in total. The van der Waals surface area contributed by atoms with Gasteiger partial charge in [0.05, 0.1) is 22.8 Å². The lowest BCUT2D eigenvalue weighted by Crippen LogP contribution is -2.13. The summed E-state index contributed by atoms with van der Waals surface area (Å²) in [5, 5.41) is 10.7. The maximum absolute atomic E-state index is 12.0. The fourth-order valence-electron chi connectivity index (χ4n) is 2.07. The van der Waals surface area contributed by atoms with E-state index in [1.54, 1.807) is 0 Å². The van der Waals surface area contributed by atoms with Crippen molar-refractivity contribution in [2.45, 2.75) is 26.9 Å². The molecule has 2 aromatic rings. The van der Waals surface area contributed by atoms with Gasteiger partial charge in [-0.15, -0.1) is 0 Å². The standard InChI is InChI=1S/C18H20N2O6/c1-12(2)6-7-25-17-10-19-14(9-16(17)21)11-26-18(22)13-4-3-5-15(8-13)20(23)24/h3-5,8-10,12H,6-7,11H2,1-2H3,(H,19,21). The number of nitrogens with one attached hydrogen (secondary N) is 1. The van der Waals surface area contributed by atoms with E-state index in [2.05, 4.69) is 18.8 Å². The predicted octanol–water partition coefficient (Wildman–Crippen LogP) is 3.07. The van der Waals surface area contributed by atoms with E-state index in [0.29, 0.717) is 18.2 Å². The minimum Gasteiger partial charge on any atom is -0.488 e. The van der Waals surface area contributed by atoms with Crippen molar-refractivity contribution in [3.05, 3.63) is 68.1 Å². The second-order valence-corrected chi connectivity index (χ2v) is 6.10. The minimum atomic E-state index is -0.716. The second kappa shape index (κ2) is 8.80. The third-order valence-electron chi connectivity index (χ3n) is 3.54. The third kappa shape index (κ3) is 5.44. The molecule has 0 atom stereocenters. The van der Waals surface area contributed by atoms with Crippen LogP contribution in [0.15, 0.2) is 41.3 Å². The van der Waals surface area contributed by atoms with Crippen molar-refractivity contribution >= 4 is 11.7 Å². The van der Waals surface area contributed by atoms with Gasteiger partial charge in [0.1, 0.15) is 6.61 Å². The predicted molar refractivity (Wildman–Crippen MR) is 94.2 cm³/mol. The quantitative estimate of drug-likeness (QED) is 0.440. The van der Waals surface area contributed by atoms with Crippen LogP contribution in [-0.4, -0.2) is 22.5 Å². The molecular weight excluding hydrogens is 340 g/mol. The first-order valence-electron chi connectivity index (χ1n) is 8.13. The average Bonchev–Trinajstić information content (AvgIpc) is 2.61. The van der Waals surface area contributed by atoms with Crippen LogP contribution in [0.3, 0.4) is 0 Å². The lowest BCUT2D eigenvalue weighted by molar-refractivity contribution is -0.384. The SMILES string of the molecule is CC(C)CCOc1c[nH]c(COC(=O)c2cccc([N+](=O)[O-])c2)cc1=O. The molecule has 0 fully saturated rings. The smallest absolute Gasteiger partial charge is 0.338 e. The maximum Gasteiger partial charge on any atom is 0.338 e. The summed E-state index contributed by atoms with van der Waals surface area (Å²) >= 11 is 0. The van der Waals surface area contributed by atoms with Gasteiger partial charge in [-0.05, 0) is 18.4 Å². The number of hydrogen-bond acceptors (Lipinski definition) is 6.